The van der Waals surface area contributed by atoms with E-state index in [1.165, 1.54) is 10.9 Å². The van der Waals surface area contributed by atoms with Crippen LogP contribution >= 0.6 is 11.1 Å². The fourth-order valence-electron chi connectivity index (χ4n) is 1.04. The Morgan fingerprint density at radius 1 is 1.14 bits per heavy atom. The molecule has 2 atom stereocenters. The minimum absolute atomic E-state index is 0.0378. The summed E-state index contributed by atoms with van der Waals surface area (Å²) in [6, 6.07) is 0. The Bertz CT molecular complexity index is 305. The first-order chi connectivity index (χ1) is 6.61. The van der Waals surface area contributed by atoms with Gasteiger partial charge in [0, 0.05) is 0 Å². The van der Waals surface area contributed by atoms with Crippen molar-refractivity contribution in [2.45, 2.75) is 0 Å². The van der Waals surface area contributed by atoms with Gasteiger partial charge in [-0.25, -0.2) is 0 Å². The van der Waals surface area contributed by atoms with Gasteiger partial charge < -0.3 is 0 Å². The summed E-state index contributed by atoms with van der Waals surface area (Å²) in [6.45, 7) is 4.73. The summed E-state index contributed by atoms with van der Waals surface area (Å²) >= 11 is 0.618. The van der Waals surface area contributed by atoms with E-state index < -0.39 is 0 Å². The molecular weight excluding hydrogens is 442 g/mol. The van der Waals surface area contributed by atoms with Crippen LogP contribution in [0.2, 0.25) is 0 Å². The van der Waals surface area contributed by atoms with Gasteiger partial charge in [0.05, 0.1) is 0 Å². The van der Waals surface area contributed by atoms with Crippen molar-refractivity contribution < 1.29 is 41.3 Å². The molecule has 1 rings (SSSR count). The van der Waals surface area contributed by atoms with Crippen LogP contribution in [0, 0.1) is 0 Å². The SMILES string of the molecule is C[I-]P(C)c1nnn(C)c1P(C)[I-]C. The van der Waals surface area contributed by atoms with Gasteiger partial charge in [-0.05, 0) is 0 Å². The number of rotatable bonds is 4. The van der Waals surface area contributed by atoms with E-state index >= 15 is 0 Å². The third-order valence-corrected chi connectivity index (χ3v) is 16.5. The third-order valence-electron chi connectivity index (χ3n) is 1.87. The molecule has 7 heteroatoms. The molecule has 0 N–H and O–H groups in total. The summed E-state index contributed by atoms with van der Waals surface area (Å²) in [5.74, 6) is 0. The first-order valence-electron chi connectivity index (χ1n) is 3.98. The third kappa shape index (κ3) is 2.98. The Morgan fingerprint density at radius 2 is 1.71 bits per heavy atom. The molecule has 0 bridgehead atoms. The van der Waals surface area contributed by atoms with E-state index in [9.17, 15) is 0 Å². The van der Waals surface area contributed by atoms with Crippen molar-refractivity contribution >= 4 is 22.0 Å². The van der Waals surface area contributed by atoms with Crippen molar-refractivity contribution in [2.75, 3.05) is 23.2 Å². The summed E-state index contributed by atoms with van der Waals surface area (Å²) in [4.78, 5) is 4.71. The standard InChI is InChI=1S/C7H15I2N3P2/c1-8-13(4)6-7(14(5)9-2)12(3)11-10-6/h1-5H3/q-2. The van der Waals surface area contributed by atoms with Crippen LogP contribution in [0.1, 0.15) is 0 Å². The molecule has 14 heavy (non-hydrogen) atoms. The maximum atomic E-state index is 4.36. The molecule has 0 fully saturated rings. The molecule has 1 aromatic rings. The van der Waals surface area contributed by atoms with Gasteiger partial charge >= 0.3 is 109 Å². The van der Waals surface area contributed by atoms with Crippen LogP contribution in [-0.4, -0.2) is 38.2 Å². The summed E-state index contributed by atoms with van der Waals surface area (Å²) in [5, 5.41) is 8.55. The van der Waals surface area contributed by atoms with Crippen LogP contribution in [0.25, 0.3) is 0 Å². The molecular formula is C7H15I2N3P2-2. The van der Waals surface area contributed by atoms with Crippen LogP contribution in [-0.2, 0) is 7.05 Å². The van der Waals surface area contributed by atoms with Crippen molar-refractivity contribution in [3.05, 3.63) is 0 Å². The first kappa shape index (κ1) is 13.5. The second kappa shape index (κ2) is 6.26. The van der Waals surface area contributed by atoms with Gasteiger partial charge in [0.2, 0.25) is 0 Å². The molecule has 0 aliphatic carbocycles. The number of alkyl halides is 2. The number of nitrogens with zero attached hydrogens (tertiary/aromatic N) is 3. The number of aryl methyl sites for hydroxylation is 1. The number of halogens is 2. The Kier molecular flexibility index (Phi) is 6.05. The van der Waals surface area contributed by atoms with Gasteiger partial charge in [0.1, 0.15) is 0 Å². The molecule has 1 heterocycles. The molecule has 0 saturated carbocycles. The molecule has 0 saturated heterocycles. The average molecular weight is 457 g/mol. The molecule has 0 aliphatic heterocycles. The molecule has 1 aromatic heterocycles. The van der Waals surface area contributed by atoms with Crippen LogP contribution < -0.4 is 52.2 Å². The number of aromatic nitrogens is 3. The molecule has 0 aliphatic rings. The van der Waals surface area contributed by atoms with E-state index in [0.29, 0.717) is 41.3 Å². The maximum absolute atomic E-state index is 4.36. The van der Waals surface area contributed by atoms with Gasteiger partial charge in [-0.2, -0.15) is 0 Å². The quantitative estimate of drug-likeness (QED) is 0.257. The van der Waals surface area contributed by atoms with Crippen molar-refractivity contribution in [2.24, 2.45) is 7.05 Å². The summed E-state index contributed by atoms with van der Waals surface area (Å²) in [6.07, 6.45) is 0. The topological polar surface area (TPSA) is 30.7 Å². The Morgan fingerprint density at radius 3 is 2.21 bits per heavy atom. The van der Waals surface area contributed by atoms with Crippen molar-refractivity contribution in [3.8, 4) is 0 Å². The Labute approximate surface area is 108 Å². The first-order valence-corrected chi connectivity index (χ1v) is 17.4. The van der Waals surface area contributed by atoms with E-state index in [1.54, 1.807) is 0 Å². The zero-order valence-electron chi connectivity index (χ0n) is 8.99. The average Bonchev–Trinajstić information content (AvgIpc) is 2.58. The van der Waals surface area contributed by atoms with E-state index in [1.807, 2.05) is 11.7 Å². The molecule has 3 nitrogen and oxygen atoms in total. The fraction of sp³-hybridized carbons (Fsp3) is 0.714. The van der Waals surface area contributed by atoms with Crippen LogP contribution in [0.3, 0.4) is 0 Å². The summed E-state index contributed by atoms with van der Waals surface area (Å²) in [5.41, 5.74) is 2.94. The summed E-state index contributed by atoms with van der Waals surface area (Å²) in [7, 11) is 2.04. The van der Waals surface area contributed by atoms with Gasteiger partial charge in [-0.3, -0.25) is 0 Å². The summed E-state index contributed by atoms with van der Waals surface area (Å²) < 4.78 is 2.02. The zero-order valence-corrected chi connectivity index (χ0v) is 15.1. The van der Waals surface area contributed by atoms with Crippen LogP contribution in [0.5, 0.6) is 0 Å². The van der Waals surface area contributed by atoms with Crippen molar-refractivity contribution in [3.63, 3.8) is 0 Å². The predicted octanol–water partition coefficient (Wildman–Crippen LogP) is -5.44. The normalized spacial score (nSPS) is 16.1. The van der Waals surface area contributed by atoms with Crippen LogP contribution in [0.15, 0.2) is 0 Å². The number of hydrogen-bond donors (Lipinski definition) is 0. The molecule has 0 spiro atoms. The minimum atomic E-state index is 0.0378. The molecule has 0 amide bonds. The van der Waals surface area contributed by atoms with Crippen LogP contribution in [0.4, 0.5) is 0 Å². The monoisotopic (exact) mass is 457 g/mol. The predicted molar refractivity (Wildman–Crippen MR) is 57.8 cm³/mol. The molecule has 2 unspecified atom stereocenters. The second-order valence-electron chi connectivity index (χ2n) is 2.65. The van der Waals surface area contributed by atoms with Gasteiger partial charge in [0.25, 0.3) is 0 Å². The fourth-order valence-corrected chi connectivity index (χ4v) is 10.1. The Hall–Kier alpha value is 1.46. The molecule has 0 aromatic carbocycles. The van der Waals surface area contributed by atoms with Gasteiger partial charge in [0.15, 0.2) is 0 Å². The second-order valence-corrected chi connectivity index (χ2v) is 20.6. The zero-order chi connectivity index (χ0) is 10.7. The Balaban J connectivity index is 3.05. The van der Waals surface area contributed by atoms with Gasteiger partial charge in [-0.15, -0.1) is 0 Å². The van der Waals surface area contributed by atoms with E-state index in [2.05, 4.69) is 33.5 Å². The van der Waals surface area contributed by atoms with Crippen molar-refractivity contribution in [1.29, 1.82) is 0 Å². The van der Waals surface area contributed by atoms with Crippen molar-refractivity contribution in [1.82, 2.24) is 15.0 Å². The molecule has 0 radical (unpaired) electrons. The molecule has 84 valence electrons. The van der Waals surface area contributed by atoms with E-state index in [-0.39, 0.29) is 11.1 Å². The van der Waals surface area contributed by atoms with E-state index in [4.69, 9.17) is 0 Å². The van der Waals surface area contributed by atoms with Gasteiger partial charge in [-0.1, -0.05) is 0 Å². The van der Waals surface area contributed by atoms with E-state index in [0.717, 1.165) is 0 Å². The number of hydrogen-bond acceptors (Lipinski definition) is 2.